The SMILES string of the molecule is COc1ccccc1OCCN1C(=O)C(=O)c2cc(Br)cc(C)c21. The number of para-hydroxylation sites is 2. The van der Waals surface area contributed by atoms with E-state index in [4.69, 9.17) is 9.47 Å². The number of fused-ring (bicyclic) bond motifs is 1. The maximum Gasteiger partial charge on any atom is 0.299 e. The number of benzene rings is 2. The summed E-state index contributed by atoms with van der Waals surface area (Å²) in [4.78, 5) is 25.9. The highest BCUT2D eigenvalue weighted by molar-refractivity contribution is 9.10. The summed E-state index contributed by atoms with van der Waals surface area (Å²) in [6, 6.07) is 10.9. The number of halogens is 1. The van der Waals surface area contributed by atoms with Gasteiger partial charge in [0.1, 0.15) is 6.61 Å². The minimum atomic E-state index is -0.519. The van der Waals surface area contributed by atoms with Crippen molar-refractivity contribution in [2.45, 2.75) is 6.92 Å². The molecule has 0 unspecified atom stereocenters. The minimum Gasteiger partial charge on any atom is -0.493 e. The minimum absolute atomic E-state index is 0.258. The Labute approximate surface area is 148 Å². The van der Waals surface area contributed by atoms with E-state index in [1.54, 1.807) is 25.3 Å². The van der Waals surface area contributed by atoms with Gasteiger partial charge in [-0.15, -0.1) is 0 Å². The molecular formula is C18H16BrNO4. The zero-order valence-electron chi connectivity index (χ0n) is 13.3. The fourth-order valence-corrected chi connectivity index (χ4v) is 3.38. The molecule has 6 heteroatoms. The van der Waals surface area contributed by atoms with Gasteiger partial charge in [-0.3, -0.25) is 9.59 Å². The second kappa shape index (κ2) is 6.65. The zero-order chi connectivity index (χ0) is 17.3. The summed E-state index contributed by atoms with van der Waals surface area (Å²) < 4.78 is 11.7. The number of aryl methyl sites for hydroxylation is 1. The van der Waals surface area contributed by atoms with Crippen LogP contribution in [0, 0.1) is 6.92 Å². The molecule has 124 valence electrons. The van der Waals surface area contributed by atoms with Gasteiger partial charge in [0.05, 0.1) is 24.9 Å². The first-order chi connectivity index (χ1) is 11.5. The van der Waals surface area contributed by atoms with Crippen molar-refractivity contribution in [2.75, 3.05) is 25.2 Å². The highest BCUT2D eigenvalue weighted by Gasteiger charge is 2.37. The number of amides is 1. The molecule has 0 fully saturated rings. The lowest BCUT2D eigenvalue weighted by Crippen LogP contribution is -2.33. The van der Waals surface area contributed by atoms with Gasteiger partial charge in [-0.2, -0.15) is 0 Å². The molecule has 2 aromatic rings. The summed E-state index contributed by atoms with van der Waals surface area (Å²) in [5.41, 5.74) is 1.97. The van der Waals surface area contributed by atoms with E-state index in [0.717, 1.165) is 10.0 Å². The average Bonchev–Trinajstić information content (AvgIpc) is 2.80. The Morgan fingerprint density at radius 2 is 1.83 bits per heavy atom. The molecule has 1 aliphatic heterocycles. The molecule has 1 amide bonds. The second-order valence-corrected chi connectivity index (χ2v) is 6.32. The first-order valence-electron chi connectivity index (χ1n) is 7.45. The van der Waals surface area contributed by atoms with Gasteiger partial charge in [-0.25, -0.2) is 0 Å². The standard InChI is InChI=1S/C18H16BrNO4/c1-11-9-12(19)10-13-16(11)20(18(22)17(13)21)7-8-24-15-6-4-3-5-14(15)23-2/h3-6,9-10H,7-8H2,1-2H3. The number of methoxy groups -OCH3 is 1. The summed E-state index contributed by atoms with van der Waals surface area (Å²) in [7, 11) is 1.57. The molecule has 0 spiro atoms. The van der Waals surface area contributed by atoms with Crippen LogP contribution in [0.1, 0.15) is 15.9 Å². The van der Waals surface area contributed by atoms with Crippen molar-refractivity contribution in [1.29, 1.82) is 0 Å². The molecule has 0 atom stereocenters. The van der Waals surface area contributed by atoms with Crippen LogP contribution in [0.15, 0.2) is 40.9 Å². The Morgan fingerprint density at radius 1 is 1.12 bits per heavy atom. The molecule has 0 saturated heterocycles. The van der Waals surface area contributed by atoms with Crippen LogP contribution in [-0.2, 0) is 4.79 Å². The fraction of sp³-hybridized carbons (Fsp3) is 0.222. The lowest BCUT2D eigenvalue weighted by atomic mass is 10.1. The molecule has 2 aromatic carbocycles. The number of nitrogens with zero attached hydrogens (tertiary/aromatic N) is 1. The number of rotatable bonds is 5. The van der Waals surface area contributed by atoms with Gasteiger partial charge in [-0.05, 0) is 36.8 Å². The van der Waals surface area contributed by atoms with E-state index in [2.05, 4.69) is 15.9 Å². The summed E-state index contributed by atoms with van der Waals surface area (Å²) in [6.07, 6.45) is 0. The average molecular weight is 390 g/mol. The van der Waals surface area contributed by atoms with Gasteiger partial charge in [0.15, 0.2) is 11.5 Å². The number of ether oxygens (including phenoxy) is 2. The Balaban J connectivity index is 1.77. The Kier molecular flexibility index (Phi) is 4.57. The smallest absolute Gasteiger partial charge is 0.299 e. The molecule has 0 saturated carbocycles. The molecule has 1 heterocycles. The van der Waals surface area contributed by atoms with Crippen molar-refractivity contribution >= 4 is 33.3 Å². The van der Waals surface area contributed by atoms with Crippen LogP contribution < -0.4 is 14.4 Å². The highest BCUT2D eigenvalue weighted by atomic mass is 79.9. The van der Waals surface area contributed by atoms with Crippen LogP contribution in [0.5, 0.6) is 11.5 Å². The van der Waals surface area contributed by atoms with Crippen molar-refractivity contribution in [3.8, 4) is 11.5 Å². The third-order valence-electron chi connectivity index (χ3n) is 3.86. The van der Waals surface area contributed by atoms with E-state index in [9.17, 15) is 9.59 Å². The van der Waals surface area contributed by atoms with Gasteiger partial charge in [0, 0.05) is 4.47 Å². The van der Waals surface area contributed by atoms with Crippen molar-refractivity contribution in [3.05, 3.63) is 52.0 Å². The molecular weight excluding hydrogens is 374 g/mol. The molecule has 0 N–H and O–H groups in total. The molecule has 0 radical (unpaired) electrons. The molecule has 24 heavy (non-hydrogen) atoms. The second-order valence-electron chi connectivity index (χ2n) is 5.40. The normalized spacial score (nSPS) is 13.2. The predicted octanol–water partition coefficient (Wildman–Crippen LogP) is 3.37. The maximum absolute atomic E-state index is 12.3. The van der Waals surface area contributed by atoms with Crippen LogP contribution in [0.4, 0.5) is 5.69 Å². The third-order valence-corrected chi connectivity index (χ3v) is 4.32. The van der Waals surface area contributed by atoms with Gasteiger partial charge >= 0.3 is 0 Å². The monoisotopic (exact) mass is 389 g/mol. The Bertz CT molecular complexity index is 819. The largest absolute Gasteiger partial charge is 0.493 e. The number of carbonyl (C=O) groups excluding carboxylic acids is 2. The van der Waals surface area contributed by atoms with Crippen molar-refractivity contribution in [1.82, 2.24) is 0 Å². The van der Waals surface area contributed by atoms with Crippen molar-refractivity contribution in [2.24, 2.45) is 0 Å². The van der Waals surface area contributed by atoms with Gasteiger partial charge in [-0.1, -0.05) is 28.1 Å². The first-order valence-corrected chi connectivity index (χ1v) is 8.24. The Hall–Kier alpha value is -2.34. The van der Waals surface area contributed by atoms with E-state index in [1.807, 2.05) is 25.1 Å². The first kappa shape index (κ1) is 16.5. The lowest BCUT2D eigenvalue weighted by Gasteiger charge is -2.19. The van der Waals surface area contributed by atoms with Gasteiger partial charge in [0.25, 0.3) is 11.7 Å². The summed E-state index contributed by atoms with van der Waals surface area (Å²) in [5.74, 6) is 0.231. The molecule has 0 bridgehead atoms. The summed E-state index contributed by atoms with van der Waals surface area (Å²) in [5, 5.41) is 0. The number of ketones is 1. The van der Waals surface area contributed by atoms with E-state index in [1.165, 1.54) is 4.90 Å². The Morgan fingerprint density at radius 3 is 2.54 bits per heavy atom. The molecule has 1 aliphatic rings. The quantitative estimate of drug-likeness (QED) is 0.735. The fourth-order valence-electron chi connectivity index (χ4n) is 2.80. The lowest BCUT2D eigenvalue weighted by molar-refractivity contribution is -0.114. The van der Waals surface area contributed by atoms with Crippen molar-refractivity contribution in [3.63, 3.8) is 0 Å². The number of hydrogen-bond acceptors (Lipinski definition) is 4. The number of Topliss-reactive ketones (excluding diaryl/α,β-unsaturated/α-hetero) is 1. The molecule has 0 aromatic heterocycles. The van der Waals surface area contributed by atoms with Gasteiger partial charge < -0.3 is 14.4 Å². The van der Waals surface area contributed by atoms with Crippen LogP contribution in [0.2, 0.25) is 0 Å². The predicted molar refractivity (Wildman–Crippen MR) is 94.1 cm³/mol. The van der Waals surface area contributed by atoms with E-state index in [-0.39, 0.29) is 13.2 Å². The summed E-state index contributed by atoms with van der Waals surface area (Å²) >= 11 is 3.36. The number of carbonyl (C=O) groups is 2. The molecule has 5 nitrogen and oxygen atoms in total. The van der Waals surface area contributed by atoms with E-state index in [0.29, 0.717) is 22.7 Å². The third kappa shape index (κ3) is 2.89. The number of anilines is 1. The van der Waals surface area contributed by atoms with Crippen LogP contribution in [0.25, 0.3) is 0 Å². The van der Waals surface area contributed by atoms with E-state index < -0.39 is 11.7 Å². The van der Waals surface area contributed by atoms with Crippen molar-refractivity contribution < 1.29 is 19.1 Å². The van der Waals surface area contributed by atoms with Crippen LogP contribution in [-0.4, -0.2) is 32.0 Å². The zero-order valence-corrected chi connectivity index (χ0v) is 14.9. The van der Waals surface area contributed by atoms with E-state index >= 15 is 0 Å². The topological polar surface area (TPSA) is 55.8 Å². The number of hydrogen-bond donors (Lipinski definition) is 0. The van der Waals surface area contributed by atoms with Crippen LogP contribution >= 0.6 is 15.9 Å². The maximum atomic E-state index is 12.3. The summed E-state index contributed by atoms with van der Waals surface area (Å²) in [6.45, 7) is 2.43. The highest BCUT2D eigenvalue weighted by Crippen LogP contribution is 2.35. The molecule has 0 aliphatic carbocycles. The van der Waals surface area contributed by atoms with Gasteiger partial charge in [0.2, 0.25) is 0 Å². The van der Waals surface area contributed by atoms with Crippen LogP contribution in [0.3, 0.4) is 0 Å². The molecule has 3 rings (SSSR count).